The van der Waals surface area contributed by atoms with Crippen LogP contribution in [0.4, 0.5) is 4.79 Å². The first-order valence-electron chi connectivity index (χ1n) is 7.69. The molecular weight excluding hydrogens is 308 g/mol. The molecule has 7 heteroatoms. The highest BCUT2D eigenvalue weighted by Crippen LogP contribution is 2.25. The quantitative estimate of drug-likeness (QED) is 0.618. The van der Waals surface area contributed by atoms with Crippen molar-refractivity contribution in [3.63, 3.8) is 0 Å². The zero-order valence-electron chi connectivity index (χ0n) is 13.9. The number of likely N-dealkylation sites (tertiary alicyclic amines) is 1. The van der Waals surface area contributed by atoms with Crippen molar-refractivity contribution >= 4 is 23.7 Å². The van der Waals surface area contributed by atoms with Gasteiger partial charge in [-0.05, 0) is 46.6 Å². The minimum atomic E-state index is -1.05. The molecule has 6 nitrogen and oxygen atoms in total. The predicted octanol–water partition coefficient (Wildman–Crippen LogP) is 2.50. The van der Waals surface area contributed by atoms with Gasteiger partial charge in [0.25, 0.3) is 0 Å². The van der Waals surface area contributed by atoms with Crippen LogP contribution in [0.3, 0.4) is 0 Å². The van der Waals surface area contributed by atoms with Crippen molar-refractivity contribution in [2.45, 2.75) is 58.1 Å². The van der Waals surface area contributed by atoms with Crippen LogP contribution in [0.2, 0.25) is 0 Å². The molecule has 1 N–H and O–H groups in total. The number of rotatable bonds is 5. The molecule has 0 aliphatic carbocycles. The molecule has 0 spiro atoms. The number of hydrogen-bond donors (Lipinski definition) is 1. The SMILES string of the molecule is CCCN1CCC(NC(=O)OC(C)(C)C)(C(=O)OCCl)CC1. The summed E-state index contributed by atoms with van der Waals surface area (Å²) < 4.78 is 10.2. The summed E-state index contributed by atoms with van der Waals surface area (Å²) in [5.74, 6) is -0.496. The van der Waals surface area contributed by atoms with Crippen molar-refractivity contribution < 1.29 is 19.1 Å². The number of carbonyl (C=O) groups is 2. The van der Waals surface area contributed by atoms with Gasteiger partial charge in [-0.1, -0.05) is 18.5 Å². The van der Waals surface area contributed by atoms with E-state index in [0.29, 0.717) is 12.8 Å². The first-order valence-corrected chi connectivity index (χ1v) is 8.22. The summed E-state index contributed by atoms with van der Waals surface area (Å²) in [6, 6.07) is -0.227. The number of esters is 1. The molecule has 1 aliphatic heterocycles. The van der Waals surface area contributed by atoms with E-state index in [1.165, 1.54) is 0 Å². The van der Waals surface area contributed by atoms with Gasteiger partial charge in [0.2, 0.25) is 0 Å². The molecular formula is C15H27ClN2O4. The molecule has 0 aromatic heterocycles. The Labute approximate surface area is 137 Å². The van der Waals surface area contributed by atoms with E-state index in [1.54, 1.807) is 20.8 Å². The van der Waals surface area contributed by atoms with Crippen LogP contribution in [0.15, 0.2) is 0 Å². The number of nitrogens with zero attached hydrogens (tertiary/aromatic N) is 1. The number of nitrogens with one attached hydrogen (secondary N) is 1. The highest BCUT2D eigenvalue weighted by molar-refractivity contribution is 6.17. The standard InChI is InChI=1S/C15H27ClN2O4/c1-5-8-18-9-6-15(7-10-18,12(19)21-11-16)17-13(20)22-14(2,3)4/h5-11H2,1-4H3,(H,17,20). The number of halogens is 1. The minimum Gasteiger partial charge on any atom is -0.448 e. The molecule has 0 aromatic carbocycles. The summed E-state index contributed by atoms with van der Waals surface area (Å²) in [5, 5.41) is 2.72. The second-order valence-corrected chi connectivity index (χ2v) is 6.81. The fourth-order valence-electron chi connectivity index (χ4n) is 2.54. The molecule has 1 fully saturated rings. The van der Waals surface area contributed by atoms with Crippen molar-refractivity contribution in [1.29, 1.82) is 0 Å². The van der Waals surface area contributed by atoms with Crippen LogP contribution in [-0.4, -0.2) is 53.8 Å². The number of piperidine rings is 1. The molecule has 1 amide bonds. The maximum absolute atomic E-state index is 12.3. The summed E-state index contributed by atoms with van der Waals surface area (Å²) in [6.45, 7) is 9.87. The van der Waals surface area contributed by atoms with Crippen molar-refractivity contribution in [2.75, 3.05) is 25.7 Å². The van der Waals surface area contributed by atoms with Crippen LogP contribution in [0.5, 0.6) is 0 Å². The molecule has 0 radical (unpaired) electrons. The van der Waals surface area contributed by atoms with Crippen LogP contribution in [0.25, 0.3) is 0 Å². The number of carbonyl (C=O) groups excluding carboxylic acids is 2. The first kappa shape index (κ1) is 19.0. The number of hydrogen-bond acceptors (Lipinski definition) is 5. The topological polar surface area (TPSA) is 67.9 Å². The molecule has 1 saturated heterocycles. The van der Waals surface area contributed by atoms with E-state index < -0.39 is 23.2 Å². The third-order valence-corrected chi connectivity index (χ3v) is 3.68. The van der Waals surface area contributed by atoms with E-state index in [9.17, 15) is 9.59 Å². The second-order valence-electron chi connectivity index (χ2n) is 6.59. The Morgan fingerprint density at radius 2 is 1.86 bits per heavy atom. The number of ether oxygens (including phenoxy) is 2. The Kier molecular flexibility index (Phi) is 6.94. The Morgan fingerprint density at radius 1 is 1.27 bits per heavy atom. The third kappa shape index (κ3) is 5.65. The van der Waals surface area contributed by atoms with Gasteiger partial charge in [-0.25, -0.2) is 9.59 Å². The van der Waals surface area contributed by atoms with Gasteiger partial charge in [0.15, 0.2) is 6.07 Å². The monoisotopic (exact) mass is 334 g/mol. The van der Waals surface area contributed by atoms with E-state index >= 15 is 0 Å². The number of alkyl halides is 1. The largest absolute Gasteiger partial charge is 0.448 e. The molecule has 0 unspecified atom stereocenters. The molecule has 22 heavy (non-hydrogen) atoms. The van der Waals surface area contributed by atoms with E-state index in [1.807, 2.05) is 0 Å². The van der Waals surface area contributed by atoms with Gasteiger partial charge < -0.3 is 19.7 Å². The maximum Gasteiger partial charge on any atom is 0.408 e. The third-order valence-electron chi connectivity index (χ3n) is 3.57. The average molecular weight is 335 g/mol. The molecule has 128 valence electrons. The molecule has 0 saturated carbocycles. The Balaban J connectivity index is 2.77. The lowest BCUT2D eigenvalue weighted by molar-refractivity contribution is -0.151. The van der Waals surface area contributed by atoms with Crippen LogP contribution in [0, 0.1) is 0 Å². The van der Waals surface area contributed by atoms with E-state index in [0.717, 1.165) is 26.1 Å². The van der Waals surface area contributed by atoms with E-state index in [2.05, 4.69) is 17.1 Å². The molecule has 0 aromatic rings. The van der Waals surface area contributed by atoms with Gasteiger partial charge in [-0.15, -0.1) is 0 Å². The molecule has 0 bridgehead atoms. The highest BCUT2D eigenvalue weighted by atomic mass is 35.5. The van der Waals surface area contributed by atoms with Gasteiger partial charge in [-0.3, -0.25) is 0 Å². The highest BCUT2D eigenvalue weighted by Gasteiger charge is 2.44. The smallest absolute Gasteiger partial charge is 0.408 e. The van der Waals surface area contributed by atoms with Crippen LogP contribution in [0.1, 0.15) is 47.0 Å². The van der Waals surface area contributed by atoms with Gasteiger partial charge in [0, 0.05) is 13.1 Å². The number of alkyl carbamates (subject to hydrolysis) is 1. The fourth-order valence-corrected chi connectivity index (χ4v) is 2.64. The summed E-state index contributed by atoms with van der Waals surface area (Å²) in [5.41, 5.74) is -1.67. The molecule has 1 aliphatic rings. The molecule has 1 rings (SSSR count). The van der Waals surface area contributed by atoms with Crippen molar-refractivity contribution in [2.24, 2.45) is 0 Å². The summed E-state index contributed by atoms with van der Waals surface area (Å²) in [4.78, 5) is 26.6. The summed E-state index contributed by atoms with van der Waals surface area (Å²) >= 11 is 5.50. The summed E-state index contributed by atoms with van der Waals surface area (Å²) in [7, 11) is 0. The van der Waals surface area contributed by atoms with Gasteiger partial charge in [-0.2, -0.15) is 0 Å². The lowest BCUT2D eigenvalue weighted by Crippen LogP contribution is -2.61. The van der Waals surface area contributed by atoms with Crippen LogP contribution < -0.4 is 5.32 Å². The number of amides is 1. The van der Waals surface area contributed by atoms with Crippen molar-refractivity contribution in [3.05, 3.63) is 0 Å². The zero-order valence-corrected chi connectivity index (χ0v) is 14.7. The van der Waals surface area contributed by atoms with Crippen molar-refractivity contribution in [1.82, 2.24) is 10.2 Å². The van der Waals surface area contributed by atoms with E-state index in [4.69, 9.17) is 21.1 Å². The lowest BCUT2D eigenvalue weighted by Gasteiger charge is -2.40. The minimum absolute atomic E-state index is 0.227. The average Bonchev–Trinajstić information content (AvgIpc) is 2.39. The van der Waals surface area contributed by atoms with Gasteiger partial charge in [0.1, 0.15) is 11.1 Å². The Bertz CT molecular complexity index is 387. The normalized spacial score (nSPS) is 18.6. The molecule has 1 heterocycles. The lowest BCUT2D eigenvalue weighted by atomic mass is 9.87. The second kappa shape index (κ2) is 8.02. The fraction of sp³-hybridized carbons (Fsp3) is 0.867. The van der Waals surface area contributed by atoms with Crippen molar-refractivity contribution in [3.8, 4) is 0 Å². The van der Waals surface area contributed by atoms with Crippen LogP contribution >= 0.6 is 11.6 Å². The summed E-state index contributed by atoms with van der Waals surface area (Å²) in [6.07, 6.45) is 1.42. The van der Waals surface area contributed by atoms with Gasteiger partial charge in [0.05, 0.1) is 0 Å². The van der Waals surface area contributed by atoms with Gasteiger partial charge >= 0.3 is 12.1 Å². The zero-order chi connectivity index (χ0) is 16.8. The van der Waals surface area contributed by atoms with Crippen LogP contribution in [-0.2, 0) is 14.3 Å². The first-order chi connectivity index (χ1) is 10.2. The Hall–Kier alpha value is -1.01. The Morgan fingerprint density at radius 3 is 2.32 bits per heavy atom. The molecule has 0 atom stereocenters. The predicted molar refractivity (Wildman–Crippen MR) is 84.9 cm³/mol. The maximum atomic E-state index is 12.3. The van der Waals surface area contributed by atoms with E-state index in [-0.39, 0.29) is 6.07 Å².